The molecular weight excluding hydrogens is 470 g/mol. The highest BCUT2D eigenvalue weighted by Gasteiger charge is 2.65. The van der Waals surface area contributed by atoms with Crippen LogP contribution in [-0.2, 0) is 22.4 Å². The Hall–Kier alpha value is -1.44. The number of aryl methyl sites for hydroxylation is 2. The quantitative estimate of drug-likeness (QED) is 0.484. The maximum Gasteiger partial charge on any atom is 0.311 e. The number of nitrogens with zero attached hydrogens (tertiary/aromatic N) is 1. The van der Waals surface area contributed by atoms with Gasteiger partial charge >= 0.3 is 5.97 Å². The van der Waals surface area contributed by atoms with E-state index >= 15 is 0 Å². The van der Waals surface area contributed by atoms with Gasteiger partial charge in [0.05, 0.1) is 37.5 Å². The number of rotatable bonds is 6. The molecule has 1 aromatic rings. The number of esters is 1. The maximum absolute atomic E-state index is 11.7. The number of hydrogen-bond donors (Lipinski definition) is 3. The average molecular weight is 518 g/mol. The molecule has 3 N–H and O–H groups in total. The Morgan fingerprint density at radius 2 is 1.76 bits per heavy atom. The van der Waals surface area contributed by atoms with E-state index in [4.69, 9.17) is 9.15 Å². The molecule has 4 aliphatic carbocycles. The number of aliphatic hydroxyl groups excluding tert-OH is 3. The van der Waals surface area contributed by atoms with Crippen LogP contribution in [0.5, 0.6) is 0 Å². The molecule has 1 heterocycles. The summed E-state index contributed by atoms with van der Waals surface area (Å²) in [5.41, 5.74) is 0.812. The normalized spacial score (nSPS) is 44.0. The molecule has 4 saturated carbocycles. The van der Waals surface area contributed by atoms with Gasteiger partial charge in [0, 0.05) is 6.42 Å². The SMILES string of the molecule is COC(=O)Cc1nc(CC[C@@H](C)[C@H]2CC[C@H]3[C@@H]4[C@H](O)[C@H](O)[C@@H]5C[C@H](O)CC[C@]5(C)[C@H]4CC[C@]23C)oc1C. The molecule has 0 amide bonds. The first kappa shape index (κ1) is 27.1. The van der Waals surface area contributed by atoms with Gasteiger partial charge in [0.1, 0.15) is 5.76 Å². The Labute approximate surface area is 221 Å². The second-order valence-corrected chi connectivity index (χ2v) is 13.4. The molecule has 0 aliphatic heterocycles. The van der Waals surface area contributed by atoms with E-state index in [9.17, 15) is 20.1 Å². The summed E-state index contributed by atoms with van der Waals surface area (Å²) in [6, 6.07) is 0. The number of oxazole rings is 1. The van der Waals surface area contributed by atoms with Gasteiger partial charge in [0.2, 0.25) is 0 Å². The smallest absolute Gasteiger partial charge is 0.311 e. The fourth-order valence-corrected chi connectivity index (χ4v) is 9.73. The molecule has 0 saturated heterocycles. The van der Waals surface area contributed by atoms with E-state index in [0.717, 1.165) is 44.9 Å². The van der Waals surface area contributed by atoms with Gasteiger partial charge in [-0.3, -0.25) is 4.79 Å². The molecule has 208 valence electrons. The van der Waals surface area contributed by atoms with Gasteiger partial charge in [-0.15, -0.1) is 0 Å². The zero-order chi connectivity index (χ0) is 26.7. The molecule has 0 unspecified atom stereocenters. The number of aliphatic hydroxyl groups is 3. The Balaban J connectivity index is 1.29. The third kappa shape index (κ3) is 4.47. The van der Waals surface area contributed by atoms with Crippen LogP contribution < -0.4 is 0 Å². The second-order valence-electron chi connectivity index (χ2n) is 13.4. The number of carbonyl (C=O) groups is 1. The summed E-state index contributed by atoms with van der Waals surface area (Å²) in [4.78, 5) is 16.2. The third-order valence-electron chi connectivity index (χ3n) is 11.8. The first-order chi connectivity index (χ1) is 17.5. The number of aromatic nitrogens is 1. The second kappa shape index (κ2) is 9.95. The number of carbonyl (C=O) groups excluding carboxylic acids is 1. The Bertz CT molecular complexity index is 993. The van der Waals surface area contributed by atoms with Gasteiger partial charge in [0.15, 0.2) is 5.89 Å². The topological polar surface area (TPSA) is 113 Å². The van der Waals surface area contributed by atoms with Gasteiger partial charge < -0.3 is 24.5 Å². The third-order valence-corrected chi connectivity index (χ3v) is 11.8. The molecule has 4 fully saturated rings. The van der Waals surface area contributed by atoms with E-state index in [-0.39, 0.29) is 41.2 Å². The van der Waals surface area contributed by atoms with E-state index in [0.29, 0.717) is 47.4 Å². The van der Waals surface area contributed by atoms with Gasteiger partial charge in [-0.25, -0.2) is 4.98 Å². The molecule has 0 aromatic carbocycles. The molecular formula is C30H47NO6. The van der Waals surface area contributed by atoms with Gasteiger partial charge in [0.25, 0.3) is 0 Å². The number of ether oxygens (including phenoxy) is 1. The minimum absolute atomic E-state index is 0.00169. The van der Waals surface area contributed by atoms with E-state index in [1.54, 1.807) is 0 Å². The number of fused-ring (bicyclic) bond motifs is 5. The van der Waals surface area contributed by atoms with Crippen molar-refractivity contribution in [3.63, 3.8) is 0 Å². The molecule has 0 spiro atoms. The summed E-state index contributed by atoms with van der Waals surface area (Å²) in [5, 5.41) is 33.1. The molecule has 7 nitrogen and oxygen atoms in total. The Kier molecular flexibility index (Phi) is 7.29. The van der Waals surface area contributed by atoms with Crippen LogP contribution in [0.25, 0.3) is 0 Å². The van der Waals surface area contributed by atoms with Crippen LogP contribution in [0.4, 0.5) is 0 Å². The summed E-state index contributed by atoms with van der Waals surface area (Å²) < 4.78 is 10.6. The summed E-state index contributed by atoms with van der Waals surface area (Å²) in [6.45, 7) is 8.98. The standard InChI is InChI=1S/C30H47NO6/c1-16(6-9-24-31-23(17(2)37-24)15-25(33)36-5)19-7-8-20-26-21(11-13-29(19,20)3)30(4)12-10-18(32)14-22(30)27(34)28(26)35/h16,18-22,26-28,32,34-35H,6-15H2,1-5H3/t16-,18-,19-,20+,21+,22+,26+,27-,28+,29-,30-/m1/s1. The summed E-state index contributed by atoms with van der Waals surface area (Å²) in [7, 11) is 1.38. The predicted octanol–water partition coefficient (Wildman–Crippen LogP) is 4.23. The first-order valence-corrected chi connectivity index (χ1v) is 14.6. The minimum Gasteiger partial charge on any atom is -0.469 e. The summed E-state index contributed by atoms with van der Waals surface area (Å²) in [6.07, 6.45) is 6.97. The zero-order valence-corrected chi connectivity index (χ0v) is 23.3. The highest BCUT2D eigenvalue weighted by atomic mass is 16.5. The Morgan fingerprint density at radius 3 is 2.49 bits per heavy atom. The molecule has 11 atom stereocenters. The number of hydrogen-bond acceptors (Lipinski definition) is 7. The van der Waals surface area contributed by atoms with Crippen LogP contribution in [0.15, 0.2) is 4.42 Å². The van der Waals surface area contributed by atoms with Crippen LogP contribution in [-0.4, -0.2) is 51.7 Å². The van der Waals surface area contributed by atoms with Crippen molar-refractivity contribution in [2.24, 2.45) is 46.3 Å². The fourth-order valence-electron chi connectivity index (χ4n) is 9.73. The average Bonchev–Trinajstić information content (AvgIpc) is 3.40. The first-order valence-electron chi connectivity index (χ1n) is 14.6. The van der Waals surface area contributed by atoms with Crippen molar-refractivity contribution in [3.05, 3.63) is 17.3 Å². The highest BCUT2D eigenvalue weighted by Crippen LogP contribution is 2.68. The lowest BCUT2D eigenvalue weighted by Crippen LogP contribution is -2.64. The van der Waals surface area contributed by atoms with Crippen molar-refractivity contribution in [1.82, 2.24) is 4.98 Å². The maximum atomic E-state index is 11.7. The molecule has 0 radical (unpaired) electrons. The molecule has 37 heavy (non-hydrogen) atoms. The van der Waals surface area contributed by atoms with Crippen LogP contribution in [0, 0.1) is 53.3 Å². The van der Waals surface area contributed by atoms with E-state index in [2.05, 4.69) is 25.8 Å². The van der Waals surface area contributed by atoms with Crippen molar-refractivity contribution in [2.45, 2.75) is 110 Å². The van der Waals surface area contributed by atoms with Crippen LogP contribution in [0.2, 0.25) is 0 Å². The molecule has 7 heteroatoms. The lowest BCUT2D eigenvalue weighted by molar-refractivity contribution is -0.223. The van der Waals surface area contributed by atoms with Crippen LogP contribution in [0.3, 0.4) is 0 Å². The largest absolute Gasteiger partial charge is 0.469 e. The minimum atomic E-state index is -0.743. The van der Waals surface area contributed by atoms with Crippen molar-refractivity contribution in [2.75, 3.05) is 7.11 Å². The highest BCUT2D eigenvalue weighted by molar-refractivity contribution is 5.71. The molecule has 5 rings (SSSR count). The number of methoxy groups -OCH3 is 1. The van der Waals surface area contributed by atoms with E-state index in [1.807, 2.05) is 6.92 Å². The van der Waals surface area contributed by atoms with Crippen LogP contribution in [0.1, 0.15) is 89.5 Å². The van der Waals surface area contributed by atoms with E-state index < -0.39 is 12.2 Å². The van der Waals surface area contributed by atoms with Gasteiger partial charge in [-0.05, 0) is 105 Å². The molecule has 4 aliphatic rings. The van der Waals surface area contributed by atoms with E-state index in [1.165, 1.54) is 13.5 Å². The van der Waals surface area contributed by atoms with Crippen molar-refractivity contribution in [3.8, 4) is 0 Å². The van der Waals surface area contributed by atoms with Crippen molar-refractivity contribution < 1.29 is 29.3 Å². The van der Waals surface area contributed by atoms with Gasteiger partial charge in [-0.2, -0.15) is 0 Å². The molecule has 1 aromatic heterocycles. The monoisotopic (exact) mass is 517 g/mol. The van der Waals surface area contributed by atoms with Crippen molar-refractivity contribution in [1.29, 1.82) is 0 Å². The summed E-state index contributed by atoms with van der Waals surface area (Å²) in [5.74, 6) is 3.08. The Morgan fingerprint density at radius 1 is 1.05 bits per heavy atom. The molecule has 0 bridgehead atoms. The fraction of sp³-hybridized carbons (Fsp3) is 0.867. The predicted molar refractivity (Wildman–Crippen MR) is 138 cm³/mol. The van der Waals surface area contributed by atoms with Crippen LogP contribution >= 0.6 is 0 Å². The lowest BCUT2D eigenvalue weighted by atomic mass is 9.43. The van der Waals surface area contributed by atoms with Gasteiger partial charge in [-0.1, -0.05) is 20.8 Å². The zero-order valence-electron chi connectivity index (χ0n) is 23.3. The van der Waals surface area contributed by atoms with Crippen molar-refractivity contribution >= 4 is 5.97 Å². The summed E-state index contributed by atoms with van der Waals surface area (Å²) >= 11 is 0. The lowest BCUT2D eigenvalue weighted by Gasteiger charge is -2.63.